The Labute approximate surface area is 152 Å². The summed E-state index contributed by atoms with van der Waals surface area (Å²) in [4.78, 5) is 21.6. The summed E-state index contributed by atoms with van der Waals surface area (Å²) in [5.74, 6) is 0.0839. The van der Waals surface area contributed by atoms with Crippen LogP contribution in [0.3, 0.4) is 0 Å². The Morgan fingerprint density at radius 2 is 2.00 bits per heavy atom. The predicted octanol–water partition coefficient (Wildman–Crippen LogP) is 2.78. The summed E-state index contributed by atoms with van der Waals surface area (Å²) in [6, 6.07) is 6.23. The Kier molecular flexibility index (Phi) is 4.72. The number of carbonyl (C=O) groups excluding carboxylic acids is 1. The van der Waals surface area contributed by atoms with E-state index < -0.39 is 0 Å². The lowest BCUT2D eigenvalue weighted by molar-refractivity contribution is -0.120. The summed E-state index contributed by atoms with van der Waals surface area (Å²) in [7, 11) is 0. The first-order valence-corrected chi connectivity index (χ1v) is 9.90. The van der Waals surface area contributed by atoms with Crippen molar-refractivity contribution in [3.05, 3.63) is 40.9 Å². The minimum Gasteiger partial charge on any atom is -0.346 e. The number of thiazole rings is 1. The van der Waals surface area contributed by atoms with E-state index in [1.807, 2.05) is 24.6 Å². The molecule has 2 aliphatic rings. The molecule has 1 aliphatic heterocycles. The van der Waals surface area contributed by atoms with Crippen molar-refractivity contribution in [3.63, 3.8) is 0 Å². The van der Waals surface area contributed by atoms with E-state index in [-0.39, 0.29) is 11.9 Å². The van der Waals surface area contributed by atoms with Crippen LogP contribution in [0, 0.1) is 0 Å². The third-order valence-corrected chi connectivity index (χ3v) is 6.13. The molecule has 4 rings (SSSR count). The molecule has 5 nitrogen and oxygen atoms in total. The van der Waals surface area contributed by atoms with Crippen molar-refractivity contribution in [2.24, 2.45) is 0 Å². The number of amides is 1. The van der Waals surface area contributed by atoms with Gasteiger partial charge in [0, 0.05) is 43.4 Å². The normalized spacial score (nSPS) is 18.8. The second-order valence-electron chi connectivity index (χ2n) is 6.84. The lowest BCUT2D eigenvalue weighted by Gasteiger charge is -2.37. The van der Waals surface area contributed by atoms with Crippen LogP contribution in [0.25, 0.3) is 0 Å². The fourth-order valence-electron chi connectivity index (χ4n) is 3.73. The molecule has 25 heavy (non-hydrogen) atoms. The molecule has 2 heterocycles. The number of rotatable bonds is 4. The van der Waals surface area contributed by atoms with Gasteiger partial charge in [-0.05, 0) is 49.4 Å². The summed E-state index contributed by atoms with van der Waals surface area (Å²) in [5.41, 5.74) is 3.76. The maximum absolute atomic E-state index is 12.6. The SMILES string of the molecule is C[C@@H](C(=O)Nc1ccc2c(c1)CCC2)N1CCN(c2nccs2)CC1. The second-order valence-corrected chi connectivity index (χ2v) is 7.71. The highest BCUT2D eigenvalue weighted by Crippen LogP contribution is 2.25. The Balaban J connectivity index is 1.33. The molecule has 2 aromatic rings. The number of aryl methyl sites for hydroxylation is 2. The summed E-state index contributed by atoms with van der Waals surface area (Å²) in [6.07, 6.45) is 5.38. The van der Waals surface area contributed by atoms with E-state index >= 15 is 0 Å². The predicted molar refractivity (Wildman–Crippen MR) is 102 cm³/mol. The average molecular weight is 356 g/mol. The van der Waals surface area contributed by atoms with E-state index in [4.69, 9.17) is 0 Å². The molecule has 1 aromatic carbocycles. The van der Waals surface area contributed by atoms with Crippen LogP contribution >= 0.6 is 11.3 Å². The number of fused-ring (bicyclic) bond motifs is 1. The van der Waals surface area contributed by atoms with Crippen LogP contribution in [-0.4, -0.2) is 48.0 Å². The van der Waals surface area contributed by atoms with Crippen molar-refractivity contribution in [3.8, 4) is 0 Å². The van der Waals surface area contributed by atoms with Gasteiger partial charge in [0.1, 0.15) is 0 Å². The molecule has 0 spiro atoms. The van der Waals surface area contributed by atoms with E-state index in [2.05, 4.69) is 32.2 Å². The number of aromatic nitrogens is 1. The van der Waals surface area contributed by atoms with Crippen LogP contribution in [0.15, 0.2) is 29.8 Å². The molecule has 0 unspecified atom stereocenters. The first-order valence-electron chi connectivity index (χ1n) is 9.02. The van der Waals surface area contributed by atoms with Crippen molar-refractivity contribution in [1.29, 1.82) is 0 Å². The zero-order chi connectivity index (χ0) is 17.2. The number of hydrogen-bond donors (Lipinski definition) is 1. The Morgan fingerprint density at radius 1 is 1.20 bits per heavy atom. The van der Waals surface area contributed by atoms with Gasteiger partial charge in [-0.1, -0.05) is 6.07 Å². The third-order valence-electron chi connectivity index (χ3n) is 5.30. The molecule has 0 saturated carbocycles. The third kappa shape index (κ3) is 3.55. The Bertz CT molecular complexity index is 738. The van der Waals surface area contributed by atoms with Gasteiger partial charge in [-0.3, -0.25) is 9.69 Å². The van der Waals surface area contributed by atoms with Crippen molar-refractivity contribution < 1.29 is 4.79 Å². The first-order chi connectivity index (χ1) is 12.2. The Morgan fingerprint density at radius 3 is 2.76 bits per heavy atom. The molecule has 6 heteroatoms. The number of benzene rings is 1. The van der Waals surface area contributed by atoms with Crippen LogP contribution in [0.5, 0.6) is 0 Å². The van der Waals surface area contributed by atoms with Crippen molar-refractivity contribution in [2.75, 3.05) is 36.4 Å². The Hall–Kier alpha value is -1.92. The molecule has 1 atom stereocenters. The van der Waals surface area contributed by atoms with Crippen LogP contribution < -0.4 is 10.2 Å². The van der Waals surface area contributed by atoms with Crippen molar-refractivity contribution >= 4 is 28.1 Å². The minimum atomic E-state index is -0.119. The van der Waals surface area contributed by atoms with Gasteiger partial charge < -0.3 is 10.2 Å². The van der Waals surface area contributed by atoms with E-state index in [9.17, 15) is 4.79 Å². The van der Waals surface area contributed by atoms with Gasteiger partial charge >= 0.3 is 0 Å². The standard InChI is InChI=1S/C19H24N4OS/c1-14(22-8-10-23(11-9-22)19-20-7-12-25-19)18(24)21-17-6-5-15-3-2-4-16(15)13-17/h5-7,12-14H,2-4,8-11H2,1H3,(H,21,24)/t14-/m0/s1. The van der Waals surface area contributed by atoms with Crippen LogP contribution in [0.4, 0.5) is 10.8 Å². The number of carbonyl (C=O) groups is 1. The van der Waals surface area contributed by atoms with Crippen molar-refractivity contribution in [2.45, 2.75) is 32.2 Å². The highest BCUT2D eigenvalue weighted by molar-refractivity contribution is 7.13. The number of anilines is 2. The summed E-state index contributed by atoms with van der Waals surface area (Å²) in [5, 5.41) is 6.19. The molecule has 1 aliphatic carbocycles. The topological polar surface area (TPSA) is 48.5 Å². The first kappa shape index (κ1) is 16.5. The monoisotopic (exact) mass is 356 g/mol. The van der Waals surface area contributed by atoms with Gasteiger partial charge in [0.15, 0.2) is 5.13 Å². The number of nitrogens with zero attached hydrogens (tertiary/aromatic N) is 3. The summed E-state index contributed by atoms with van der Waals surface area (Å²) >= 11 is 1.67. The second kappa shape index (κ2) is 7.14. The number of nitrogens with one attached hydrogen (secondary N) is 1. The van der Waals surface area contributed by atoms with Gasteiger partial charge in [-0.25, -0.2) is 4.98 Å². The molecule has 0 radical (unpaired) electrons. The lowest BCUT2D eigenvalue weighted by Crippen LogP contribution is -2.52. The minimum absolute atomic E-state index is 0.0839. The quantitative estimate of drug-likeness (QED) is 0.915. The molecule has 1 fully saturated rings. The van der Waals surface area contributed by atoms with E-state index in [1.54, 1.807) is 11.3 Å². The molecular weight excluding hydrogens is 332 g/mol. The van der Waals surface area contributed by atoms with Crippen LogP contribution in [0.2, 0.25) is 0 Å². The zero-order valence-electron chi connectivity index (χ0n) is 14.6. The molecule has 0 bridgehead atoms. The van der Waals surface area contributed by atoms with Gasteiger partial charge in [0.2, 0.25) is 5.91 Å². The molecule has 1 N–H and O–H groups in total. The smallest absolute Gasteiger partial charge is 0.241 e. The fraction of sp³-hybridized carbons (Fsp3) is 0.474. The van der Waals surface area contributed by atoms with Gasteiger partial charge in [-0.2, -0.15) is 0 Å². The maximum Gasteiger partial charge on any atom is 0.241 e. The maximum atomic E-state index is 12.6. The number of hydrogen-bond acceptors (Lipinski definition) is 5. The van der Waals surface area contributed by atoms with Crippen molar-refractivity contribution in [1.82, 2.24) is 9.88 Å². The number of piperazine rings is 1. The van der Waals surface area contributed by atoms with Gasteiger partial charge in [-0.15, -0.1) is 11.3 Å². The van der Waals surface area contributed by atoms with Crippen LogP contribution in [0.1, 0.15) is 24.5 Å². The molecular formula is C19H24N4OS. The average Bonchev–Trinajstić information content (AvgIpc) is 3.32. The molecule has 1 saturated heterocycles. The molecule has 1 amide bonds. The van der Waals surface area contributed by atoms with E-state index in [0.717, 1.165) is 43.4 Å². The summed E-state index contributed by atoms with van der Waals surface area (Å²) in [6.45, 7) is 5.62. The van der Waals surface area contributed by atoms with Gasteiger partial charge in [0.05, 0.1) is 6.04 Å². The molecule has 132 valence electrons. The largest absolute Gasteiger partial charge is 0.346 e. The van der Waals surface area contributed by atoms with E-state index in [0.29, 0.717) is 0 Å². The van der Waals surface area contributed by atoms with E-state index in [1.165, 1.54) is 24.0 Å². The summed E-state index contributed by atoms with van der Waals surface area (Å²) < 4.78 is 0. The highest BCUT2D eigenvalue weighted by Gasteiger charge is 2.26. The fourth-order valence-corrected chi connectivity index (χ4v) is 4.43. The highest BCUT2D eigenvalue weighted by atomic mass is 32.1. The van der Waals surface area contributed by atoms with Crippen LogP contribution in [-0.2, 0) is 17.6 Å². The molecule has 1 aromatic heterocycles. The zero-order valence-corrected chi connectivity index (χ0v) is 15.4. The van der Waals surface area contributed by atoms with Gasteiger partial charge in [0.25, 0.3) is 0 Å². The lowest BCUT2D eigenvalue weighted by atomic mass is 10.1.